The molecule has 1 unspecified atom stereocenters. The molecule has 0 saturated heterocycles. The van der Waals surface area contributed by atoms with Crippen LogP contribution in [0, 0.1) is 0 Å². The molecule has 0 heterocycles. The van der Waals surface area contributed by atoms with Gasteiger partial charge in [0.25, 0.3) is 0 Å². The van der Waals surface area contributed by atoms with Crippen molar-refractivity contribution >= 4 is 0 Å². The number of hydrogen-bond acceptors (Lipinski definition) is 3. The van der Waals surface area contributed by atoms with E-state index in [1.807, 2.05) is 14.1 Å². The summed E-state index contributed by atoms with van der Waals surface area (Å²) in [6, 6.07) is 8.70. The van der Waals surface area contributed by atoms with Gasteiger partial charge in [-0.25, -0.2) is 0 Å². The topological polar surface area (TPSA) is 38.5 Å². The number of benzene rings is 1. The molecule has 0 spiro atoms. The Morgan fingerprint density at radius 1 is 1.27 bits per heavy atom. The van der Waals surface area contributed by atoms with Gasteiger partial charge in [-0.2, -0.15) is 0 Å². The van der Waals surface area contributed by atoms with Crippen molar-refractivity contribution in [3.05, 3.63) is 35.4 Å². The molecule has 0 radical (unpaired) electrons. The molecule has 1 aromatic carbocycles. The van der Waals surface area contributed by atoms with E-state index in [2.05, 4.69) is 29.2 Å². The van der Waals surface area contributed by atoms with E-state index in [0.717, 1.165) is 0 Å². The summed E-state index contributed by atoms with van der Waals surface area (Å²) in [6.07, 6.45) is 0. The van der Waals surface area contributed by atoms with Crippen LogP contribution in [-0.2, 0) is 11.3 Å². The highest BCUT2D eigenvalue weighted by atomic mass is 16.5. The summed E-state index contributed by atoms with van der Waals surface area (Å²) in [5.74, 6) is 0. The standard InChI is InChI=1S/C12H20N2O/c1-14(2)12(8-13)11-6-4-10(5-7-11)9-15-3/h4-7,12H,8-9,13H2,1-3H3. The van der Waals surface area contributed by atoms with Gasteiger partial charge in [0, 0.05) is 19.7 Å². The fraction of sp³-hybridized carbons (Fsp3) is 0.500. The smallest absolute Gasteiger partial charge is 0.0713 e. The number of methoxy groups -OCH3 is 1. The minimum absolute atomic E-state index is 0.293. The highest BCUT2D eigenvalue weighted by molar-refractivity contribution is 5.24. The SMILES string of the molecule is COCc1ccc(C(CN)N(C)C)cc1. The summed E-state index contributed by atoms with van der Waals surface area (Å²) in [6.45, 7) is 1.30. The quantitative estimate of drug-likeness (QED) is 0.795. The van der Waals surface area contributed by atoms with Crippen LogP contribution >= 0.6 is 0 Å². The molecular weight excluding hydrogens is 188 g/mol. The lowest BCUT2D eigenvalue weighted by atomic mass is 10.0. The maximum Gasteiger partial charge on any atom is 0.0713 e. The van der Waals surface area contributed by atoms with Crippen LogP contribution in [0.25, 0.3) is 0 Å². The van der Waals surface area contributed by atoms with Crippen molar-refractivity contribution in [1.82, 2.24) is 4.90 Å². The first-order valence-electron chi connectivity index (χ1n) is 5.13. The Balaban J connectivity index is 2.77. The molecule has 0 aromatic heterocycles. The van der Waals surface area contributed by atoms with Crippen LogP contribution in [0.5, 0.6) is 0 Å². The number of hydrogen-bond donors (Lipinski definition) is 1. The van der Waals surface area contributed by atoms with Crippen LogP contribution in [-0.4, -0.2) is 32.6 Å². The molecule has 0 saturated carbocycles. The van der Waals surface area contributed by atoms with E-state index in [1.54, 1.807) is 7.11 Å². The first-order chi connectivity index (χ1) is 7.19. The molecule has 84 valence electrons. The van der Waals surface area contributed by atoms with E-state index in [1.165, 1.54) is 11.1 Å². The number of nitrogens with zero attached hydrogens (tertiary/aromatic N) is 1. The van der Waals surface area contributed by atoms with Crippen molar-refractivity contribution in [2.45, 2.75) is 12.6 Å². The fourth-order valence-electron chi connectivity index (χ4n) is 1.65. The molecule has 0 aliphatic heterocycles. The van der Waals surface area contributed by atoms with Gasteiger partial charge in [-0.05, 0) is 25.2 Å². The maximum absolute atomic E-state index is 5.74. The third kappa shape index (κ3) is 3.30. The first kappa shape index (κ1) is 12.2. The lowest BCUT2D eigenvalue weighted by Crippen LogP contribution is -2.27. The maximum atomic E-state index is 5.74. The van der Waals surface area contributed by atoms with Crippen molar-refractivity contribution in [3.8, 4) is 0 Å². The van der Waals surface area contributed by atoms with E-state index in [-0.39, 0.29) is 0 Å². The van der Waals surface area contributed by atoms with Gasteiger partial charge >= 0.3 is 0 Å². The van der Waals surface area contributed by atoms with Crippen molar-refractivity contribution in [1.29, 1.82) is 0 Å². The molecule has 3 nitrogen and oxygen atoms in total. The first-order valence-corrected chi connectivity index (χ1v) is 5.13. The Morgan fingerprint density at radius 3 is 2.27 bits per heavy atom. The van der Waals surface area contributed by atoms with Crippen molar-refractivity contribution in [2.24, 2.45) is 5.73 Å². The lowest BCUT2D eigenvalue weighted by molar-refractivity contribution is 0.185. The lowest BCUT2D eigenvalue weighted by Gasteiger charge is -2.23. The van der Waals surface area contributed by atoms with Gasteiger partial charge in [0.1, 0.15) is 0 Å². The zero-order chi connectivity index (χ0) is 11.3. The second-order valence-corrected chi connectivity index (χ2v) is 3.89. The molecule has 3 heteroatoms. The molecule has 0 aliphatic carbocycles. The summed E-state index contributed by atoms with van der Waals surface area (Å²) < 4.78 is 5.07. The van der Waals surface area contributed by atoms with Gasteiger partial charge in [-0.3, -0.25) is 0 Å². The number of nitrogens with two attached hydrogens (primary N) is 1. The van der Waals surface area contributed by atoms with Crippen LogP contribution in [0.4, 0.5) is 0 Å². The molecule has 1 aromatic rings. The normalized spacial score (nSPS) is 13.1. The third-order valence-corrected chi connectivity index (χ3v) is 2.52. The monoisotopic (exact) mass is 208 g/mol. The molecular formula is C12H20N2O. The molecule has 15 heavy (non-hydrogen) atoms. The predicted octanol–water partition coefficient (Wildman–Crippen LogP) is 1.39. The van der Waals surface area contributed by atoms with Crippen molar-refractivity contribution < 1.29 is 4.74 Å². The van der Waals surface area contributed by atoms with Crippen LogP contribution in [0.15, 0.2) is 24.3 Å². The Kier molecular flexibility index (Phi) is 4.75. The minimum Gasteiger partial charge on any atom is -0.380 e. The van der Waals surface area contributed by atoms with Gasteiger partial charge in [0.15, 0.2) is 0 Å². The highest BCUT2D eigenvalue weighted by Gasteiger charge is 2.11. The highest BCUT2D eigenvalue weighted by Crippen LogP contribution is 2.17. The largest absolute Gasteiger partial charge is 0.380 e. The second kappa shape index (κ2) is 5.85. The molecule has 0 bridgehead atoms. The van der Waals surface area contributed by atoms with Crippen molar-refractivity contribution in [2.75, 3.05) is 27.7 Å². The summed E-state index contributed by atoms with van der Waals surface area (Å²) in [4.78, 5) is 2.13. The van der Waals surface area contributed by atoms with E-state index in [9.17, 15) is 0 Å². The Hall–Kier alpha value is -0.900. The summed E-state index contributed by atoms with van der Waals surface area (Å²) in [7, 11) is 5.79. The van der Waals surface area contributed by atoms with Gasteiger partial charge in [0.05, 0.1) is 6.61 Å². The zero-order valence-electron chi connectivity index (χ0n) is 9.73. The molecule has 1 atom stereocenters. The number of likely N-dealkylation sites (N-methyl/N-ethyl adjacent to an activating group) is 1. The molecule has 0 fully saturated rings. The zero-order valence-corrected chi connectivity index (χ0v) is 9.73. The third-order valence-electron chi connectivity index (χ3n) is 2.52. The van der Waals surface area contributed by atoms with Crippen LogP contribution in [0.2, 0.25) is 0 Å². The Bertz CT molecular complexity index is 282. The molecule has 0 amide bonds. The Labute approximate surface area is 91.8 Å². The van der Waals surface area contributed by atoms with Crippen LogP contribution in [0.3, 0.4) is 0 Å². The van der Waals surface area contributed by atoms with E-state index in [0.29, 0.717) is 19.2 Å². The second-order valence-electron chi connectivity index (χ2n) is 3.89. The Morgan fingerprint density at radius 2 is 1.87 bits per heavy atom. The fourth-order valence-corrected chi connectivity index (χ4v) is 1.65. The molecule has 1 rings (SSSR count). The predicted molar refractivity (Wildman–Crippen MR) is 62.6 cm³/mol. The summed E-state index contributed by atoms with van der Waals surface area (Å²) >= 11 is 0. The minimum atomic E-state index is 0.293. The average Bonchev–Trinajstić information content (AvgIpc) is 2.21. The summed E-state index contributed by atoms with van der Waals surface area (Å²) in [5, 5.41) is 0. The average molecular weight is 208 g/mol. The van der Waals surface area contributed by atoms with Crippen LogP contribution in [0.1, 0.15) is 17.2 Å². The molecule has 2 N–H and O–H groups in total. The van der Waals surface area contributed by atoms with E-state index >= 15 is 0 Å². The molecule has 0 aliphatic rings. The number of rotatable bonds is 5. The van der Waals surface area contributed by atoms with Crippen molar-refractivity contribution in [3.63, 3.8) is 0 Å². The van der Waals surface area contributed by atoms with Crippen LogP contribution < -0.4 is 5.73 Å². The van der Waals surface area contributed by atoms with Gasteiger partial charge in [0.2, 0.25) is 0 Å². The van der Waals surface area contributed by atoms with E-state index < -0.39 is 0 Å². The van der Waals surface area contributed by atoms with Gasteiger partial charge < -0.3 is 15.4 Å². The van der Waals surface area contributed by atoms with Gasteiger partial charge in [-0.15, -0.1) is 0 Å². The van der Waals surface area contributed by atoms with E-state index in [4.69, 9.17) is 10.5 Å². The number of ether oxygens (including phenoxy) is 1. The van der Waals surface area contributed by atoms with Gasteiger partial charge in [-0.1, -0.05) is 24.3 Å². The summed E-state index contributed by atoms with van der Waals surface area (Å²) in [5.41, 5.74) is 8.18.